The lowest BCUT2D eigenvalue weighted by Gasteiger charge is -2.28. The summed E-state index contributed by atoms with van der Waals surface area (Å²) in [5.74, 6) is -3.13. The van der Waals surface area contributed by atoms with Crippen LogP contribution in [0, 0.1) is 0 Å². The first-order valence-electron chi connectivity index (χ1n) is 12.7. The van der Waals surface area contributed by atoms with E-state index in [1.807, 2.05) is 0 Å². The summed E-state index contributed by atoms with van der Waals surface area (Å²) >= 11 is 5.88. The van der Waals surface area contributed by atoms with E-state index in [1.165, 1.54) is 0 Å². The van der Waals surface area contributed by atoms with Gasteiger partial charge in [-0.1, -0.05) is 37.6 Å². The molecule has 1 aliphatic rings. The summed E-state index contributed by atoms with van der Waals surface area (Å²) in [7, 11) is 0. The van der Waals surface area contributed by atoms with Crippen molar-refractivity contribution in [1.82, 2.24) is 0 Å². The SMILES string of the molecule is [2H]C([2H])([2H])C([2H])([2H])C([2H])([2H])C([2H])([2H])C([2H])([2H])C([2H])([2H])c1cc(Cl)cc2c1OC(C(F)(F)F)C(C(=O)O)=C2. The fourth-order valence-electron chi connectivity index (χ4n) is 1.95. The van der Waals surface area contributed by atoms with Gasteiger partial charge in [-0.25, -0.2) is 4.79 Å². The van der Waals surface area contributed by atoms with Crippen LogP contribution in [0.1, 0.15) is 61.3 Å². The average Bonchev–Trinajstić information content (AvgIpc) is 2.69. The number of alkyl halides is 3. The minimum atomic E-state index is -5.35. The van der Waals surface area contributed by atoms with Gasteiger partial charge in [0.25, 0.3) is 0 Å². The monoisotopic (exact) mass is 375 g/mol. The van der Waals surface area contributed by atoms with Gasteiger partial charge in [-0.05, 0) is 36.5 Å². The molecule has 0 saturated carbocycles. The van der Waals surface area contributed by atoms with Crippen molar-refractivity contribution < 1.29 is 45.6 Å². The Balaban J connectivity index is 2.83. The first-order valence-corrected chi connectivity index (χ1v) is 6.56. The minimum Gasteiger partial charge on any atom is -0.478 e. The van der Waals surface area contributed by atoms with Crippen LogP contribution in [0.15, 0.2) is 17.7 Å². The van der Waals surface area contributed by atoms with Crippen LogP contribution in [0.25, 0.3) is 6.08 Å². The number of halogens is 4. The third-order valence-corrected chi connectivity index (χ3v) is 3.06. The van der Waals surface area contributed by atoms with E-state index >= 15 is 0 Å². The number of carboxylic acid groups (broad SMARTS) is 1. The Morgan fingerprint density at radius 1 is 1.42 bits per heavy atom. The summed E-state index contributed by atoms with van der Waals surface area (Å²) in [6.07, 6.45) is -28.7. The fourth-order valence-corrected chi connectivity index (χ4v) is 2.18. The molecule has 1 unspecified atom stereocenters. The molecule has 0 spiro atoms. The Kier molecular flexibility index (Phi) is 2.39. The molecular weight excluding hydrogens is 345 g/mol. The van der Waals surface area contributed by atoms with Crippen molar-refractivity contribution in [2.75, 3.05) is 0 Å². The van der Waals surface area contributed by atoms with E-state index in [9.17, 15) is 23.1 Å². The lowest BCUT2D eigenvalue weighted by molar-refractivity contribution is -0.187. The van der Waals surface area contributed by atoms with Gasteiger partial charge in [0.2, 0.25) is 6.10 Å². The van der Waals surface area contributed by atoms with Crippen molar-refractivity contribution in [3.05, 3.63) is 33.9 Å². The Bertz CT molecular complexity index is 1130. The molecule has 2 rings (SSSR count). The summed E-state index contributed by atoms with van der Waals surface area (Å²) in [5, 5.41) is 8.69. The highest BCUT2D eigenvalue weighted by molar-refractivity contribution is 6.30. The molecule has 1 atom stereocenters. The largest absolute Gasteiger partial charge is 0.478 e. The number of hydrogen-bond donors (Lipinski definition) is 1. The van der Waals surface area contributed by atoms with Crippen LogP contribution in [0.2, 0.25) is 5.02 Å². The maximum atomic E-state index is 13.5. The molecule has 1 N–H and O–H groups in total. The zero-order valence-corrected chi connectivity index (χ0v) is 12.3. The highest BCUT2D eigenvalue weighted by Crippen LogP contribution is 2.41. The highest BCUT2D eigenvalue weighted by Gasteiger charge is 2.48. The van der Waals surface area contributed by atoms with Gasteiger partial charge < -0.3 is 9.84 Å². The van der Waals surface area contributed by atoms with Crippen LogP contribution < -0.4 is 4.74 Å². The molecule has 0 aromatic heterocycles. The van der Waals surface area contributed by atoms with Crippen LogP contribution >= 0.6 is 11.6 Å². The Labute approximate surface area is 161 Å². The van der Waals surface area contributed by atoms with Crippen molar-refractivity contribution in [1.29, 1.82) is 0 Å². The minimum absolute atomic E-state index is 0.446. The van der Waals surface area contributed by atoms with Gasteiger partial charge in [0.1, 0.15) is 5.75 Å². The molecule has 7 heteroatoms. The van der Waals surface area contributed by atoms with Gasteiger partial charge in [0, 0.05) is 28.4 Å². The predicted molar refractivity (Wildman–Crippen MR) is 85.4 cm³/mol. The molecule has 1 aromatic rings. The second-order valence-electron chi connectivity index (χ2n) is 4.44. The van der Waals surface area contributed by atoms with Crippen LogP contribution in [-0.4, -0.2) is 23.4 Å². The van der Waals surface area contributed by atoms with Gasteiger partial charge in [-0.15, -0.1) is 0 Å². The van der Waals surface area contributed by atoms with E-state index in [-0.39, 0.29) is 0 Å². The maximum Gasteiger partial charge on any atom is 0.430 e. The highest BCUT2D eigenvalue weighted by atomic mass is 35.5. The summed E-state index contributed by atoms with van der Waals surface area (Å²) in [5.41, 5.74) is -3.07. The quantitative estimate of drug-likeness (QED) is 0.738. The molecule has 0 radical (unpaired) electrons. The molecular formula is C17H18ClF3O3. The normalized spacial score (nSPS) is 28.6. The van der Waals surface area contributed by atoms with Crippen molar-refractivity contribution in [3.63, 3.8) is 0 Å². The fraction of sp³-hybridized carbons (Fsp3) is 0.471. The number of rotatable bonds is 6. The molecule has 132 valence electrons. The van der Waals surface area contributed by atoms with Crippen LogP contribution in [-0.2, 0) is 11.2 Å². The molecule has 0 amide bonds. The van der Waals surface area contributed by atoms with Crippen LogP contribution in [0.4, 0.5) is 13.2 Å². The number of carboxylic acids is 1. The van der Waals surface area contributed by atoms with Crippen molar-refractivity contribution in [2.24, 2.45) is 0 Å². The number of aliphatic carboxylic acids is 1. The Hall–Kier alpha value is -1.69. The van der Waals surface area contributed by atoms with Crippen LogP contribution in [0.3, 0.4) is 0 Å². The molecule has 1 heterocycles. The first-order chi connectivity index (χ1) is 16.2. The predicted octanol–water partition coefficient (Wildman–Crippen LogP) is 5.25. The maximum absolute atomic E-state index is 13.5. The second-order valence-corrected chi connectivity index (χ2v) is 4.88. The van der Waals surface area contributed by atoms with Gasteiger partial charge >= 0.3 is 12.1 Å². The van der Waals surface area contributed by atoms with E-state index in [0.29, 0.717) is 12.1 Å². The zero-order valence-electron chi connectivity index (χ0n) is 24.6. The average molecular weight is 376 g/mol. The molecule has 0 fully saturated rings. The molecule has 3 nitrogen and oxygen atoms in total. The Morgan fingerprint density at radius 3 is 2.79 bits per heavy atom. The number of carbonyl (C=O) groups is 1. The van der Waals surface area contributed by atoms with Crippen molar-refractivity contribution in [2.45, 2.75) is 51.0 Å². The van der Waals surface area contributed by atoms with E-state index in [0.717, 1.165) is 6.07 Å². The number of fused-ring (bicyclic) bond motifs is 1. The second kappa shape index (κ2) is 7.47. The third kappa shape index (κ3) is 4.23. The lowest BCUT2D eigenvalue weighted by atomic mass is 9.96. The molecule has 1 aromatic carbocycles. The molecule has 24 heavy (non-hydrogen) atoms. The summed E-state index contributed by atoms with van der Waals surface area (Å²) in [6, 6.07) is 1.41. The number of hydrogen-bond acceptors (Lipinski definition) is 2. The standard InChI is InChI=1S/C17H18ClF3O3/c1-2-3-4-5-6-10-7-12(18)8-11-9-13(16(22)23)15(17(19,20)21)24-14(10)11/h7-9,15H,2-6H2,1H3,(H,22,23)/i1D3,2D2,3D2,4D2,5D2,6D2. The zero-order chi connectivity index (χ0) is 29.4. The summed E-state index contributed by atoms with van der Waals surface area (Å²) < 4.78 is 147. The molecule has 0 bridgehead atoms. The molecule has 0 saturated heterocycles. The van der Waals surface area contributed by atoms with E-state index in [1.54, 1.807) is 0 Å². The first kappa shape index (κ1) is 7.68. The van der Waals surface area contributed by atoms with Gasteiger partial charge in [-0.3, -0.25) is 0 Å². The molecule has 1 aliphatic heterocycles. The summed E-state index contributed by atoms with van der Waals surface area (Å²) in [4.78, 5) is 11.4. The smallest absolute Gasteiger partial charge is 0.430 e. The van der Waals surface area contributed by atoms with E-state index in [4.69, 9.17) is 34.2 Å². The van der Waals surface area contributed by atoms with Gasteiger partial charge in [-0.2, -0.15) is 13.2 Å². The topological polar surface area (TPSA) is 46.5 Å². The van der Waals surface area contributed by atoms with E-state index in [2.05, 4.69) is 0 Å². The van der Waals surface area contributed by atoms with Gasteiger partial charge in [0.15, 0.2) is 0 Å². The van der Waals surface area contributed by atoms with Crippen molar-refractivity contribution in [3.8, 4) is 5.75 Å². The van der Waals surface area contributed by atoms with E-state index < -0.39 is 84.4 Å². The number of aryl methyl sites for hydroxylation is 1. The molecule has 0 aliphatic carbocycles. The van der Waals surface area contributed by atoms with Gasteiger partial charge in [0.05, 0.1) is 5.57 Å². The number of ether oxygens (including phenoxy) is 1. The number of benzene rings is 1. The van der Waals surface area contributed by atoms with Crippen molar-refractivity contribution >= 4 is 23.6 Å². The Morgan fingerprint density at radius 2 is 2.17 bits per heavy atom. The summed E-state index contributed by atoms with van der Waals surface area (Å²) in [6.45, 7) is -3.84. The third-order valence-electron chi connectivity index (χ3n) is 2.84. The van der Waals surface area contributed by atoms with Crippen LogP contribution in [0.5, 0.6) is 5.75 Å². The lowest BCUT2D eigenvalue weighted by Crippen LogP contribution is -2.40.